The molecule has 1 saturated carbocycles. The molecule has 11 aromatic carbocycles. The zero-order valence-electron chi connectivity index (χ0n) is 39.8. The van der Waals surface area contributed by atoms with Crippen molar-refractivity contribution in [3.8, 4) is 66.8 Å². The maximum atomic E-state index is 7.12. The second kappa shape index (κ2) is 16.9. The number of aryl methyl sites for hydroxylation is 1. The van der Waals surface area contributed by atoms with Crippen LogP contribution < -0.4 is 4.90 Å². The van der Waals surface area contributed by atoms with E-state index in [1.807, 2.05) is 0 Å². The predicted molar refractivity (Wildman–Crippen MR) is 300 cm³/mol. The molecule has 0 bridgehead atoms. The number of rotatable bonds is 6. The molecule has 2 heteroatoms. The van der Waals surface area contributed by atoms with Gasteiger partial charge in [0.25, 0.3) is 0 Å². The number of furan rings is 1. The highest BCUT2D eigenvalue weighted by molar-refractivity contribution is 6.22. The fraction of sp³-hybridized carbons (Fsp3) is 0.101. The largest absolute Gasteiger partial charge is 0.454 e. The monoisotopic (exact) mass is 909 g/mol. The molecule has 1 fully saturated rings. The van der Waals surface area contributed by atoms with Gasteiger partial charge in [-0.25, -0.2) is 0 Å². The summed E-state index contributed by atoms with van der Waals surface area (Å²) in [4.78, 5) is 2.40. The molecule has 2 aliphatic carbocycles. The average Bonchev–Trinajstić information content (AvgIpc) is 3.83. The second-order valence-corrected chi connectivity index (χ2v) is 19.7. The molecule has 0 saturated heterocycles. The molecule has 0 aliphatic heterocycles. The van der Waals surface area contributed by atoms with Crippen molar-refractivity contribution in [3.05, 3.63) is 236 Å². The lowest BCUT2D eigenvalue weighted by atomic mass is 9.79. The first kappa shape index (κ1) is 41.5. The van der Waals surface area contributed by atoms with E-state index in [2.05, 4.69) is 236 Å². The lowest BCUT2D eigenvalue weighted by molar-refractivity contribution is 0.442. The van der Waals surface area contributed by atoms with Gasteiger partial charge in [0.2, 0.25) is 0 Å². The van der Waals surface area contributed by atoms with Crippen molar-refractivity contribution in [1.82, 2.24) is 0 Å². The Kier molecular flexibility index (Phi) is 9.88. The number of hydrogen-bond donors (Lipinski definition) is 0. The minimum atomic E-state index is 0.541. The molecule has 0 amide bonds. The third-order valence-corrected chi connectivity index (χ3v) is 15.8. The van der Waals surface area contributed by atoms with Crippen LogP contribution in [0.4, 0.5) is 17.1 Å². The lowest BCUT2D eigenvalue weighted by Crippen LogP contribution is -2.11. The zero-order valence-corrected chi connectivity index (χ0v) is 39.8. The summed E-state index contributed by atoms with van der Waals surface area (Å²) in [6, 6.07) is 83.4. The number of para-hydroxylation sites is 3. The van der Waals surface area contributed by atoms with Gasteiger partial charge < -0.3 is 9.32 Å². The van der Waals surface area contributed by atoms with E-state index in [0.717, 1.165) is 33.6 Å². The minimum Gasteiger partial charge on any atom is -0.454 e. The van der Waals surface area contributed by atoms with E-state index < -0.39 is 0 Å². The Bertz CT molecular complexity index is 3990. The lowest BCUT2D eigenvalue weighted by Gasteiger charge is -2.27. The molecule has 338 valence electrons. The topological polar surface area (TPSA) is 16.4 Å². The minimum absolute atomic E-state index is 0.541. The third-order valence-electron chi connectivity index (χ3n) is 15.8. The van der Waals surface area contributed by atoms with Gasteiger partial charge in [0, 0.05) is 22.1 Å². The number of benzene rings is 11. The van der Waals surface area contributed by atoms with Gasteiger partial charge in [-0.3, -0.25) is 0 Å². The smallest absolute Gasteiger partial charge is 0.159 e. The Morgan fingerprint density at radius 3 is 1.37 bits per heavy atom. The van der Waals surface area contributed by atoms with Crippen LogP contribution in [-0.4, -0.2) is 0 Å². The van der Waals surface area contributed by atoms with Gasteiger partial charge in [-0.1, -0.05) is 213 Å². The molecule has 71 heavy (non-hydrogen) atoms. The Hall–Kier alpha value is -8.46. The van der Waals surface area contributed by atoms with Crippen LogP contribution in [0.2, 0.25) is 0 Å². The van der Waals surface area contributed by atoms with E-state index in [1.165, 1.54) is 137 Å². The summed E-state index contributed by atoms with van der Waals surface area (Å²) in [5.41, 5.74) is 22.7. The van der Waals surface area contributed by atoms with Crippen molar-refractivity contribution in [2.45, 2.75) is 44.9 Å². The van der Waals surface area contributed by atoms with E-state index in [9.17, 15) is 0 Å². The fourth-order valence-electron chi connectivity index (χ4n) is 12.5. The van der Waals surface area contributed by atoms with E-state index in [1.54, 1.807) is 0 Å². The zero-order chi connectivity index (χ0) is 47.0. The molecular weight excluding hydrogens is 859 g/mol. The second-order valence-electron chi connectivity index (χ2n) is 19.7. The Labute approximate surface area is 415 Å². The van der Waals surface area contributed by atoms with E-state index >= 15 is 0 Å². The van der Waals surface area contributed by atoms with Gasteiger partial charge in [-0.2, -0.15) is 0 Å². The first-order valence-corrected chi connectivity index (χ1v) is 25.4. The van der Waals surface area contributed by atoms with Crippen molar-refractivity contribution in [1.29, 1.82) is 0 Å². The highest BCUT2D eigenvalue weighted by atomic mass is 16.3. The first-order valence-electron chi connectivity index (χ1n) is 25.4. The normalized spacial score (nSPS) is 13.4. The summed E-state index contributed by atoms with van der Waals surface area (Å²) in [6.07, 6.45) is 6.36. The summed E-state index contributed by atoms with van der Waals surface area (Å²) >= 11 is 0. The van der Waals surface area contributed by atoms with Gasteiger partial charge in [0.05, 0.1) is 5.69 Å². The molecular formula is C69H51NO. The maximum absolute atomic E-state index is 7.12. The van der Waals surface area contributed by atoms with Crippen LogP contribution in [0.25, 0.3) is 110 Å². The molecule has 0 spiro atoms. The Morgan fingerprint density at radius 2 is 0.789 bits per heavy atom. The number of anilines is 3. The predicted octanol–water partition coefficient (Wildman–Crippen LogP) is 20.0. The van der Waals surface area contributed by atoms with Crippen LogP contribution in [0.1, 0.15) is 49.1 Å². The molecule has 1 aromatic heterocycles. The van der Waals surface area contributed by atoms with Crippen LogP contribution in [0.15, 0.2) is 229 Å². The summed E-state index contributed by atoms with van der Waals surface area (Å²) in [5, 5.41) is 7.30. The van der Waals surface area contributed by atoms with Crippen molar-refractivity contribution in [2.24, 2.45) is 0 Å². The first-order chi connectivity index (χ1) is 35.2. The molecule has 12 aromatic rings. The molecule has 1 heterocycles. The molecule has 2 nitrogen and oxygen atoms in total. The molecule has 0 N–H and O–H groups in total. The average molecular weight is 910 g/mol. The van der Waals surface area contributed by atoms with Crippen LogP contribution in [0, 0.1) is 6.92 Å². The van der Waals surface area contributed by atoms with E-state index in [4.69, 9.17) is 4.42 Å². The van der Waals surface area contributed by atoms with Crippen molar-refractivity contribution < 1.29 is 4.42 Å². The standard InChI is InChI=1S/C69H51NO/c1-44-19-5-16-35-64(44)70(65-36-18-34-62-61-33-17-32-49(68(61)71-69(62)65)45-20-3-2-4-21-45)48-40-37-46(38-41-48)66-57-28-12-14-30-59(57)67(60-31-15-13-29-58(60)66)47-39-42-56-54-26-9-8-24-52(54)50-22-6-7-23-51(50)53-25-10-11-27-55(53)63(56)43-47/h5-19,22-43,45H,2-4,20-21H2,1H3. The highest BCUT2D eigenvalue weighted by Crippen LogP contribution is 2.51. The molecule has 0 unspecified atom stereocenters. The number of nitrogens with zero attached hydrogens (tertiary/aromatic N) is 1. The number of fused-ring (bicyclic) bond motifs is 13. The van der Waals surface area contributed by atoms with E-state index in [0.29, 0.717) is 5.92 Å². The Morgan fingerprint density at radius 1 is 0.352 bits per heavy atom. The number of hydrogen-bond acceptors (Lipinski definition) is 2. The molecule has 14 rings (SSSR count). The van der Waals surface area contributed by atoms with Crippen LogP contribution in [0.3, 0.4) is 0 Å². The van der Waals surface area contributed by atoms with Crippen molar-refractivity contribution in [2.75, 3.05) is 4.90 Å². The molecule has 0 atom stereocenters. The van der Waals surface area contributed by atoms with Gasteiger partial charge in [-0.05, 0) is 155 Å². The third kappa shape index (κ3) is 6.69. The SMILES string of the molecule is Cc1ccccc1N(c1ccc(-c2c3ccccc3c(-c3ccc4c(c3)-c3ccccc3-c3ccccc3-c3ccccc3-4)c3ccccc23)cc1)c1cccc2c1oc1c(C3CCCCC3)cccc12. The molecule has 2 aliphatic rings. The summed E-state index contributed by atoms with van der Waals surface area (Å²) in [5.74, 6) is 0.541. The van der Waals surface area contributed by atoms with Gasteiger partial charge in [0.1, 0.15) is 5.58 Å². The van der Waals surface area contributed by atoms with Gasteiger partial charge in [-0.15, -0.1) is 0 Å². The fourth-order valence-corrected chi connectivity index (χ4v) is 12.5. The van der Waals surface area contributed by atoms with Crippen molar-refractivity contribution in [3.63, 3.8) is 0 Å². The Balaban J connectivity index is 0.930. The van der Waals surface area contributed by atoms with Crippen LogP contribution in [0.5, 0.6) is 0 Å². The van der Waals surface area contributed by atoms with Crippen LogP contribution >= 0.6 is 0 Å². The highest BCUT2D eigenvalue weighted by Gasteiger charge is 2.27. The van der Waals surface area contributed by atoms with Crippen molar-refractivity contribution >= 4 is 60.5 Å². The summed E-state index contributed by atoms with van der Waals surface area (Å²) in [6.45, 7) is 2.21. The van der Waals surface area contributed by atoms with Crippen LogP contribution in [-0.2, 0) is 0 Å². The van der Waals surface area contributed by atoms with Gasteiger partial charge >= 0.3 is 0 Å². The maximum Gasteiger partial charge on any atom is 0.159 e. The van der Waals surface area contributed by atoms with Gasteiger partial charge in [0.15, 0.2) is 5.58 Å². The van der Waals surface area contributed by atoms with E-state index in [-0.39, 0.29) is 0 Å². The molecule has 0 radical (unpaired) electrons. The quantitative estimate of drug-likeness (QED) is 0.155. The summed E-state index contributed by atoms with van der Waals surface area (Å²) < 4.78 is 7.12. The summed E-state index contributed by atoms with van der Waals surface area (Å²) in [7, 11) is 0.